The van der Waals surface area contributed by atoms with Crippen LogP contribution >= 0.6 is 15.9 Å². The number of pyridine rings is 1. The maximum absolute atomic E-state index is 4.45. The molecule has 0 atom stereocenters. The number of aromatic nitrogens is 1. The highest BCUT2D eigenvalue weighted by atomic mass is 79.9. The van der Waals surface area contributed by atoms with E-state index in [9.17, 15) is 0 Å². The molecular formula is C10H8BrN. The van der Waals surface area contributed by atoms with Gasteiger partial charge in [-0.3, -0.25) is 4.98 Å². The highest BCUT2D eigenvalue weighted by molar-refractivity contribution is 9.08. The highest BCUT2D eigenvalue weighted by Crippen LogP contribution is 2.12. The Balaban J connectivity index is 2.67. The molecule has 1 heterocycles. The van der Waals surface area contributed by atoms with Crippen molar-refractivity contribution < 1.29 is 0 Å². The van der Waals surface area contributed by atoms with E-state index < -0.39 is 0 Å². The fourth-order valence-electron chi connectivity index (χ4n) is 1.18. The number of para-hydroxylation sites is 1. The summed E-state index contributed by atoms with van der Waals surface area (Å²) in [7, 11) is 0. The minimum atomic E-state index is 0.817. The van der Waals surface area contributed by atoms with E-state index in [1.165, 1.54) is 5.39 Å². The van der Waals surface area contributed by atoms with Crippen LogP contribution < -0.4 is 0 Å². The van der Waals surface area contributed by atoms with Gasteiger partial charge in [0.15, 0.2) is 0 Å². The van der Waals surface area contributed by atoms with Crippen LogP contribution in [0.2, 0.25) is 0 Å². The zero-order valence-corrected chi connectivity index (χ0v) is 8.08. The molecule has 60 valence electrons. The maximum Gasteiger partial charge on any atom is 0.0705 e. The molecule has 0 aliphatic heterocycles. The molecular weight excluding hydrogens is 214 g/mol. The van der Waals surface area contributed by atoms with Crippen LogP contribution in [0.25, 0.3) is 10.9 Å². The lowest BCUT2D eigenvalue weighted by molar-refractivity contribution is 1.24. The summed E-state index contributed by atoms with van der Waals surface area (Å²) >= 11 is 3.38. The van der Waals surface area contributed by atoms with Crippen molar-refractivity contribution in [2.45, 2.75) is 5.33 Å². The van der Waals surface area contributed by atoms with Gasteiger partial charge in [0.25, 0.3) is 0 Å². The Kier molecular flexibility index (Phi) is 2.09. The van der Waals surface area contributed by atoms with Crippen LogP contribution in [-0.2, 0) is 5.33 Å². The standard InChI is InChI=1S/C10H8BrN/c11-7-9-6-5-8-3-1-2-4-10(8)12-9/h1-6H,7H2. The summed E-state index contributed by atoms with van der Waals surface area (Å²) in [6.07, 6.45) is 0. The second-order valence-corrected chi connectivity index (χ2v) is 3.19. The molecule has 0 radical (unpaired) electrons. The van der Waals surface area contributed by atoms with E-state index in [0.717, 1.165) is 16.5 Å². The van der Waals surface area contributed by atoms with Crippen LogP contribution in [0.3, 0.4) is 0 Å². The van der Waals surface area contributed by atoms with Crippen LogP contribution in [0.1, 0.15) is 5.69 Å². The summed E-state index contributed by atoms with van der Waals surface area (Å²) in [4.78, 5) is 4.45. The molecule has 0 saturated carbocycles. The first-order valence-electron chi connectivity index (χ1n) is 3.81. The highest BCUT2D eigenvalue weighted by Gasteiger charge is 1.94. The molecule has 0 saturated heterocycles. The SMILES string of the molecule is BrCc1ccc2ccccc2n1. The van der Waals surface area contributed by atoms with Crippen LogP contribution in [-0.4, -0.2) is 4.98 Å². The van der Waals surface area contributed by atoms with Gasteiger partial charge in [-0.2, -0.15) is 0 Å². The molecule has 2 aromatic rings. The predicted octanol–water partition coefficient (Wildman–Crippen LogP) is 3.13. The van der Waals surface area contributed by atoms with Crippen molar-refractivity contribution in [2.24, 2.45) is 0 Å². The van der Waals surface area contributed by atoms with E-state index in [0.29, 0.717) is 0 Å². The van der Waals surface area contributed by atoms with Gasteiger partial charge in [-0.25, -0.2) is 0 Å². The van der Waals surface area contributed by atoms with Crippen molar-refractivity contribution >= 4 is 26.8 Å². The van der Waals surface area contributed by atoms with E-state index in [-0.39, 0.29) is 0 Å². The second-order valence-electron chi connectivity index (χ2n) is 2.63. The Hall–Kier alpha value is -0.890. The van der Waals surface area contributed by atoms with Crippen LogP contribution in [0, 0.1) is 0 Å². The van der Waals surface area contributed by atoms with Crippen LogP contribution in [0.15, 0.2) is 36.4 Å². The molecule has 0 fully saturated rings. The molecule has 0 aliphatic carbocycles. The van der Waals surface area contributed by atoms with E-state index in [4.69, 9.17) is 0 Å². The van der Waals surface area contributed by atoms with Crippen molar-refractivity contribution in [1.82, 2.24) is 4.98 Å². The fourth-order valence-corrected chi connectivity index (χ4v) is 1.49. The van der Waals surface area contributed by atoms with Gasteiger partial charge in [0.2, 0.25) is 0 Å². The maximum atomic E-state index is 4.45. The fraction of sp³-hybridized carbons (Fsp3) is 0.100. The first kappa shape index (κ1) is 7.74. The summed E-state index contributed by atoms with van der Waals surface area (Å²) in [6.45, 7) is 0. The number of hydrogen-bond acceptors (Lipinski definition) is 1. The molecule has 0 spiro atoms. The number of alkyl halides is 1. The molecule has 0 N–H and O–H groups in total. The minimum Gasteiger partial charge on any atom is -0.252 e. The van der Waals surface area contributed by atoms with Crippen molar-refractivity contribution in [3.63, 3.8) is 0 Å². The van der Waals surface area contributed by atoms with Crippen LogP contribution in [0.4, 0.5) is 0 Å². The smallest absolute Gasteiger partial charge is 0.0705 e. The van der Waals surface area contributed by atoms with Gasteiger partial charge in [-0.15, -0.1) is 0 Å². The monoisotopic (exact) mass is 221 g/mol. The number of rotatable bonds is 1. The molecule has 0 bridgehead atoms. The second kappa shape index (κ2) is 3.23. The zero-order chi connectivity index (χ0) is 8.39. The average Bonchev–Trinajstić information content (AvgIpc) is 2.17. The Bertz CT molecular complexity index is 398. The topological polar surface area (TPSA) is 12.9 Å². The first-order valence-corrected chi connectivity index (χ1v) is 4.93. The lowest BCUT2D eigenvalue weighted by Crippen LogP contribution is -1.84. The third-order valence-electron chi connectivity index (χ3n) is 1.79. The third kappa shape index (κ3) is 1.34. The molecule has 2 rings (SSSR count). The molecule has 0 aliphatic rings. The summed E-state index contributed by atoms with van der Waals surface area (Å²) < 4.78 is 0. The largest absolute Gasteiger partial charge is 0.252 e. The van der Waals surface area contributed by atoms with Gasteiger partial charge < -0.3 is 0 Å². The molecule has 0 unspecified atom stereocenters. The number of nitrogens with zero attached hydrogens (tertiary/aromatic N) is 1. The van der Waals surface area contributed by atoms with E-state index in [2.05, 4.69) is 33.0 Å². The van der Waals surface area contributed by atoms with Gasteiger partial charge in [-0.1, -0.05) is 40.2 Å². The summed E-state index contributed by atoms with van der Waals surface area (Å²) in [5.41, 5.74) is 2.14. The number of benzene rings is 1. The number of halogens is 1. The average molecular weight is 222 g/mol. The van der Waals surface area contributed by atoms with Crippen molar-refractivity contribution in [1.29, 1.82) is 0 Å². The number of hydrogen-bond donors (Lipinski definition) is 0. The summed E-state index contributed by atoms with van der Waals surface area (Å²) in [5, 5.41) is 2.01. The Morgan fingerprint density at radius 3 is 2.75 bits per heavy atom. The predicted molar refractivity (Wildman–Crippen MR) is 54.4 cm³/mol. The quantitative estimate of drug-likeness (QED) is 0.675. The third-order valence-corrected chi connectivity index (χ3v) is 2.37. The molecule has 2 heteroatoms. The van der Waals surface area contributed by atoms with E-state index in [1.54, 1.807) is 0 Å². The van der Waals surface area contributed by atoms with Gasteiger partial charge in [-0.05, 0) is 12.1 Å². The van der Waals surface area contributed by atoms with E-state index in [1.807, 2.05) is 24.3 Å². The Morgan fingerprint density at radius 1 is 1.08 bits per heavy atom. The molecule has 12 heavy (non-hydrogen) atoms. The normalized spacial score (nSPS) is 10.4. The van der Waals surface area contributed by atoms with Crippen LogP contribution in [0.5, 0.6) is 0 Å². The zero-order valence-electron chi connectivity index (χ0n) is 6.50. The summed E-state index contributed by atoms with van der Waals surface area (Å²) in [5.74, 6) is 0. The minimum absolute atomic E-state index is 0.817. The van der Waals surface area contributed by atoms with Gasteiger partial charge in [0.1, 0.15) is 0 Å². The molecule has 1 nitrogen and oxygen atoms in total. The van der Waals surface area contributed by atoms with E-state index >= 15 is 0 Å². The Labute approximate surface area is 79.6 Å². The van der Waals surface area contributed by atoms with Gasteiger partial charge in [0, 0.05) is 10.7 Å². The van der Waals surface area contributed by atoms with Crippen molar-refractivity contribution in [3.8, 4) is 0 Å². The van der Waals surface area contributed by atoms with Crippen molar-refractivity contribution in [2.75, 3.05) is 0 Å². The summed E-state index contributed by atoms with van der Waals surface area (Å²) in [6, 6.07) is 12.3. The number of fused-ring (bicyclic) bond motifs is 1. The lowest BCUT2D eigenvalue weighted by atomic mass is 10.2. The van der Waals surface area contributed by atoms with Gasteiger partial charge in [0.05, 0.1) is 11.2 Å². The Morgan fingerprint density at radius 2 is 1.92 bits per heavy atom. The molecule has 1 aromatic carbocycles. The lowest BCUT2D eigenvalue weighted by Gasteiger charge is -1.98. The molecule has 0 amide bonds. The molecule has 1 aromatic heterocycles. The van der Waals surface area contributed by atoms with Gasteiger partial charge >= 0.3 is 0 Å². The first-order chi connectivity index (χ1) is 5.90. The van der Waals surface area contributed by atoms with Crippen molar-refractivity contribution in [3.05, 3.63) is 42.1 Å².